The van der Waals surface area contributed by atoms with Crippen LogP contribution in [0.2, 0.25) is 0 Å². The molecule has 1 N–H and O–H groups in total. The molecule has 2 unspecified atom stereocenters. The highest BCUT2D eigenvalue weighted by molar-refractivity contribution is 5.80. The van der Waals surface area contributed by atoms with Crippen LogP contribution in [-0.2, 0) is 4.79 Å². The second-order valence-corrected chi connectivity index (χ2v) is 4.74. The lowest BCUT2D eigenvalue weighted by Gasteiger charge is -2.28. The summed E-state index contributed by atoms with van der Waals surface area (Å²) < 4.78 is 0. The predicted molar refractivity (Wildman–Crippen MR) is 56.8 cm³/mol. The second-order valence-electron chi connectivity index (χ2n) is 4.74. The van der Waals surface area contributed by atoms with Gasteiger partial charge in [0.1, 0.15) is 0 Å². The highest BCUT2D eigenvalue weighted by Crippen LogP contribution is 2.37. The van der Waals surface area contributed by atoms with E-state index in [1.807, 2.05) is 0 Å². The molecule has 3 nitrogen and oxygen atoms in total. The summed E-state index contributed by atoms with van der Waals surface area (Å²) in [6.45, 7) is 0.790. The maximum absolute atomic E-state index is 11.7. The molecule has 1 aliphatic carbocycles. The zero-order valence-electron chi connectivity index (χ0n) is 9.04. The molecule has 82 valence electrons. The number of rotatable bonds is 2. The van der Waals surface area contributed by atoms with Crippen molar-refractivity contribution in [2.24, 2.45) is 17.8 Å². The van der Waals surface area contributed by atoms with Crippen molar-refractivity contribution in [1.29, 1.82) is 5.26 Å². The van der Waals surface area contributed by atoms with E-state index in [0.717, 1.165) is 32.2 Å². The van der Waals surface area contributed by atoms with Crippen molar-refractivity contribution >= 4 is 5.91 Å². The van der Waals surface area contributed by atoms with Gasteiger partial charge < -0.3 is 5.32 Å². The molecule has 0 radical (unpaired) electrons. The van der Waals surface area contributed by atoms with Crippen molar-refractivity contribution in [1.82, 2.24) is 5.32 Å². The average molecular weight is 206 g/mol. The third-order valence-corrected chi connectivity index (χ3v) is 3.82. The average Bonchev–Trinajstić information content (AvgIpc) is 2.75. The maximum Gasteiger partial charge on any atom is 0.224 e. The first-order chi connectivity index (χ1) is 7.33. The number of carbonyl (C=O) groups is 1. The number of nitrogens with zero attached hydrogens (tertiary/aromatic N) is 1. The van der Waals surface area contributed by atoms with E-state index < -0.39 is 0 Å². The van der Waals surface area contributed by atoms with E-state index in [1.165, 1.54) is 12.8 Å². The monoisotopic (exact) mass is 206 g/mol. The molecule has 2 aliphatic rings. The van der Waals surface area contributed by atoms with Gasteiger partial charge in [0.15, 0.2) is 0 Å². The van der Waals surface area contributed by atoms with Crippen molar-refractivity contribution in [3.63, 3.8) is 0 Å². The molecule has 0 aromatic rings. The molecular formula is C12H18N2O. The highest BCUT2D eigenvalue weighted by Gasteiger charge is 2.36. The zero-order valence-corrected chi connectivity index (χ0v) is 9.04. The Morgan fingerprint density at radius 3 is 2.60 bits per heavy atom. The van der Waals surface area contributed by atoms with Gasteiger partial charge in [-0.05, 0) is 31.6 Å². The maximum atomic E-state index is 11.7. The molecule has 0 bridgehead atoms. The van der Waals surface area contributed by atoms with Crippen molar-refractivity contribution in [3.8, 4) is 6.07 Å². The summed E-state index contributed by atoms with van der Waals surface area (Å²) in [6.07, 6.45) is 6.68. The van der Waals surface area contributed by atoms with E-state index in [0.29, 0.717) is 5.92 Å². The van der Waals surface area contributed by atoms with E-state index >= 15 is 0 Å². The summed E-state index contributed by atoms with van der Waals surface area (Å²) in [6, 6.07) is 2.38. The first kappa shape index (κ1) is 10.5. The summed E-state index contributed by atoms with van der Waals surface area (Å²) in [7, 11) is 0. The van der Waals surface area contributed by atoms with Crippen LogP contribution < -0.4 is 5.32 Å². The Labute approximate surface area is 90.8 Å². The minimum absolute atomic E-state index is 0.0344. The van der Waals surface area contributed by atoms with Crippen molar-refractivity contribution in [2.75, 3.05) is 6.54 Å². The Morgan fingerprint density at radius 1 is 1.27 bits per heavy atom. The SMILES string of the molecule is N#CC(C1CCCC1)C1CCCNC1=O. The number of amides is 1. The lowest BCUT2D eigenvalue weighted by atomic mass is 9.77. The van der Waals surface area contributed by atoms with Crippen LogP contribution in [-0.4, -0.2) is 12.5 Å². The van der Waals surface area contributed by atoms with Crippen LogP contribution in [0.1, 0.15) is 38.5 Å². The smallest absolute Gasteiger partial charge is 0.224 e. The lowest BCUT2D eigenvalue weighted by Crippen LogP contribution is -2.41. The van der Waals surface area contributed by atoms with Crippen LogP contribution in [0, 0.1) is 29.1 Å². The minimum atomic E-state index is -0.0353. The topological polar surface area (TPSA) is 52.9 Å². The Morgan fingerprint density at radius 2 is 2.00 bits per heavy atom. The van der Waals surface area contributed by atoms with E-state index in [4.69, 9.17) is 0 Å². The van der Waals surface area contributed by atoms with Crippen LogP contribution in [0.3, 0.4) is 0 Å². The molecule has 1 heterocycles. The van der Waals surface area contributed by atoms with Crippen molar-refractivity contribution < 1.29 is 4.79 Å². The number of hydrogen-bond acceptors (Lipinski definition) is 2. The molecule has 15 heavy (non-hydrogen) atoms. The summed E-state index contributed by atoms with van der Waals surface area (Å²) in [5.74, 6) is 0.517. The van der Waals surface area contributed by atoms with Gasteiger partial charge in [-0.15, -0.1) is 0 Å². The van der Waals surface area contributed by atoms with Crippen LogP contribution in [0.5, 0.6) is 0 Å². The molecule has 2 rings (SSSR count). The van der Waals surface area contributed by atoms with E-state index in [-0.39, 0.29) is 17.7 Å². The number of piperidine rings is 1. The minimum Gasteiger partial charge on any atom is -0.356 e. The van der Waals surface area contributed by atoms with Gasteiger partial charge in [0, 0.05) is 6.54 Å². The highest BCUT2D eigenvalue weighted by atomic mass is 16.1. The first-order valence-corrected chi connectivity index (χ1v) is 6.00. The van der Waals surface area contributed by atoms with E-state index in [9.17, 15) is 10.1 Å². The molecule has 1 saturated heterocycles. The van der Waals surface area contributed by atoms with Gasteiger partial charge in [-0.3, -0.25) is 4.79 Å². The molecule has 2 fully saturated rings. The number of carbonyl (C=O) groups excluding carboxylic acids is 1. The summed E-state index contributed by atoms with van der Waals surface area (Å²) in [5, 5.41) is 12.1. The fourth-order valence-electron chi connectivity index (χ4n) is 2.98. The lowest BCUT2D eigenvalue weighted by molar-refractivity contribution is -0.128. The Hall–Kier alpha value is -1.04. The third kappa shape index (κ3) is 2.14. The van der Waals surface area contributed by atoms with Gasteiger partial charge in [-0.1, -0.05) is 12.8 Å². The predicted octanol–water partition coefficient (Wildman–Crippen LogP) is 1.84. The largest absolute Gasteiger partial charge is 0.356 e. The van der Waals surface area contributed by atoms with Crippen LogP contribution >= 0.6 is 0 Å². The van der Waals surface area contributed by atoms with Gasteiger partial charge in [0.2, 0.25) is 5.91 Å². The number of nitriles is 1. The van der Waals surface area contributed by atoms with Crippen LogP contribution in [0.25, 0.3) is 0 Å². The molecule has 0 aromatic carbocycles. The van der Waals surface area contributed by atoms with Gasteiger partial charge in [-0.2, -0.15) is 5.26 Å². The van der Waals surface area contributed by atoms with Gasteiger partial charge in [-0.25, -0.2) is 0 Å². The molecule has 2 atom stereocenters. The van der Waals surface area contributed by atoms with Crippen LogP contribution in [0.4, 0.5) is 0 Å². The summed E-state index contributed by atoms with van der Waals surface area (Å²) in [5.41, 5.74) is 0. The molecule has 1 aliphatic heterocycles. The van der Waals surface area contributed by atoms with E-state index in [2.05, 4.69) is 11.4 Å². The Balaban J connectivity index is 2.04. The number of hydrogen-bond donors (Lipinski definition) is 1. The standard InChI is InChI=1S/C12H18N2O/c13-8-11(9-4-1-2-5-9)10-6-3-7-14-12(10)15/h9-11H,1-7H2,(H,14,15). The number of nitrogens with one attached hydrogen (secondary N) is 1. The van der Waals surface area contributed by atoms with Gasteiger partial charge in [0.25, 0.3) is 0 Å². The molecule has 0 spiro atoms. The molecule has 1 amide bonds. The normalized spacial score (nSPS) is 29.5. The third-order valence-electron chi connectivity index (χ3n) is 3.82. The molecule has 0 aromatic heterocycles. The van der Waals surface area contributed by atoms with Crippen molar-refractivity contribution in [2.45, 2.75) is 38.5 Å². The van der Waals surface area contributed by atoms with Gasteiger partial charge >= 0.3 is 0 Å². The Kier molecular flexibility index (Phi) is 3.25. The zero-order chi connectivity index (χ0) is 10.7. The van der Waals surface area contributed by atoms with Gasteiger partial charge in [0.05, 0.1) is 17.9 Å². The first-order valence-electron chi connectivity index (χ1n) is 6.00. The second kappa shape index (κ2) is 4.65. The summed E-state index contributed by atoms with van der Waals surface area (Å²) >= 11 is 0. The van der Waals surface area contributed by atoms with Crippen LogP contribution in [0.15, 0.2) is 0 Å². The molecule has 1 saturated carbocycles. The molecular weight excluding hydrogens is 188 g/mol. The molecule has 3 heteroatoms. The quantitative estimate of drug-likeness (QED) is 0.749. The fourth-order valence-corrected chi connectivity index (χ4v) is 2.98. The van der Waals surface area contributed by atoms with Crippen molar-refractivity contribution in [3.05, 3.63) is 0 Å². The fraction of sp³-hybridized carbons (Fsp3) is 0.833. The Bertz CT molecular complexity index is 276. The summed E-state index contributed by atoms with van der Waals surface area (Å²) in [4.78, 5) is 11.7. The van der Waals surface area contributed by atoms with E-state index in [1.54, 1.807) is 0 Å².